The van der Waals surface area contributed by atoms with Gasteiger partial charge in [0, 0.05) is 4.88 Å². The van der Waals surface area contributed by atoms with Crippen molar-refractivity contribution in [1.29, 1.82) is 5.26 Å². The molecule has 22 heavy (non-hydrogen) atoms. The van der Waals surface area contributed by atoms with Crippen LogP contribution in [0.5, 0.6) is 5.75 Å². The van der Waals surface area contributed by atoms with E-state index in [2.05, 4.69) is 10.5 Å². The highest BCUT2D eigenvalue weighted by molar-refractivity contribution is 7.11. The number of hydrazone groups is 1. The van der Waals surface area contributed by atoms with E-state index in [1.54, 1.807) is 48.7 Å². The Morgan fingerprint density at radius 2 is 2.14 bits per heavy atom. The molecule has 6 heteroatoms. The molecule has 5 nitrogen and oxygen atoms in total. The van der Waals surface area contributed by atoms with Crippen LogP contribution >= 0.6 is 11.3 Å². The number of nitriles is 1. The molecule has 0 fully saturated rings. The smallest absolute Gasteiger partial charge is 0.280 e. The minimum atomic E-state index is -0.686. The standard InChI is InChI=1S/C16H15N3O2S/c1-11-7-8-22-15(11)10-18-19-16(20)12(2)21-14-5-3-13(9-17)4-6-14/h3-8,10,12H,1-2H3,(H,19,20)/b18-10+. The van der Waals surface area contributed by atoms with Crippen molar-refractivity contribution in [3.63, 3.8) is 0 Å². The van der Waals surface area contributed by atoms with Gasteiger partial charge in [0.15, 0.2) is 6.10 Å². The summed E-state index contributed by atoms with van der Waals surface area (Å²) in [6.07, 6.45) is 0.932. The van der Waals surface area contributed by atoms with Crippen molar-refractivity contribution in [2.75, 3.05) is 0 Å². The van der Waals surface area contributed by atoms with E-state index in [0.29, 0.717) is 11.3 Å². The van der Waals surface area contributed by atoms with Gasteiger partial charge in [0.2, 0.25) is 0 Å². The SMILES string of the molecule is Cc1ccsc1/C=N/NC(=O)C(C)Oc1ccc(C#N)cc1. The maximum absolute atomic E-state index is 11.9. The van der Waals surface area contributed by atoms with Gasteiger partial charge in [0.1, 0.15) is 5.75 Å². The van der Waals surface area contributed by atoms with Crippen LogP contribution in [0.1, 0.15) is 22.9 Å². The molecule has 0 saturated carbocycles. The van der Waals surface area contributed by atoms with Gasteiger partial charge in [-0.25, -0.2) is 5.43 Å². The first-order chi connectivity index (χ1) is 10.6. The van der Waals surface area contributed by atoms with Crippen LogP contribution in [0, 0.1) is 18.3 Å². The van der Waals surface area contributed by atoms with Gasteiger partial charge in [-0.15, -0.1) is 11.3 Å². The summed E-state index contributed by atoms with van der Waals surface area (Å²) in [5.41, 5.74) is 4.11. The lowest BCUT2D eigenvalue weighted by molar-refractivity contribution is -0.127. The quantitative estimate of drug-likeness (QED) is 0.681. The minimum Gasteiger partial charge on any atom is -0.481 e. The summed E-state index contributed by atoms with van der Waals surface area (Å²) in [6.45, 7) is 3.62. The van der Waals surface area contributed by atoms with Crippen LogP contribution in [0.4, 0.5) is 0 Å². The van der Waals surface area contributed by atoms with Crippen LogP contribution in [0.25, 0.3) is 0 Å². The second kappa shape index (κ2) is 7.38. The Kier molecular flexibility index (Phi) is 5.28. The van der Waals surface area contributed by atoms with E-state index in [0.717, 1.165) is 10.4 Å². The molecular weight excluding hydrogens is 298 g/mol. The molecule has 0 aliphatic heterocycles. The molecule has 2 rings (SSSR count). The molecule has 1 N–H and O–H groups in total. The number of nitrogens with one attached hydrogen (secondary N) is 1. The molecule has 112 valence electrons. The highest BCUT2D eigenvalue weighted by Crippen LogP contribution is 2.14. The van der Waals surface area contributed by atoms with Gasteiger partial charge in [0.05, 0.1) is 17.8 Å². The fourth-order valence-electron chi connectivity index (χ4n) is 1.63. The normalized spacial score (nSPS) is 11.9. The van der Waals surface area contributed by atoms with Gasteiger partial charge >= 0.3 is 0 Å². The van der Waals surface area contributed by atoms with Gasteiger partial charge in [-0.2, -0.15) is 10.4 Å². The Morgan fingerprint density at radius 1 is 1.41 bits per heavy atom. The Balaban J connectivity index is 1.87. The van der Waals surface area contributed by atoms with Crippen molar-refractivity contribution in [2.45, 2.75) is 20.0 Å². The monoisotopic (exact) mass is 313 g/mol. The van der Waals surface area contributed by atoms with Gasteiger partial charge in [-0.1, -0.05) is 0 Å². The molecule has 0 aliphatic rings. The number of amides is 1. The molecule has 0 spiro atoms. The second-order valence-corrected chi connectivity index (χ2v) is 5.55. The lowest BCUT2D eigenvalue weighted by Crippen LogP contribution is -2.33. The number of carbonyl (C=O) groups excluding carboxylic acids is 1. The topological polar surface area (TPSA) is 74.5 Å². The molecule has 1 aromatic heterocycles. The largest absolute Gasteiger partial charge is 0.481 e. The van der Waals surface area contributed by atoms with Crippen LogP contribution in [0.2, 0.25) is 0 Å². The molecule has 1 amide bonds. The first-order valence-corrected chi connectivity index (χ1v) is 7.52. The Morgan fingerprint density at radius 3 is 2.73 bits per heavy atom. The number of ether oxygens (including phenoxy) is 1. The van der Waals surface area contributed by atoms with Gasteiger partial charge in [-0.05, 0) is 55.1 Å². The van der Waals surface area contributed by atoms with Crippen LogP contribution in [-0.2, 0) is 4.79 Å². The molecule has 0 aliphatic carbocycles. The van der Waals surface area contributed by atoms with Crippen LogP contribution in [-0.4, -0.2) is 18.2 Å². The number of thiophene rings is 1. The van der Waals surface area contributed by atoms with Gasteiger partial charge < -0.3 is 4.74 Å². The molecule has 1 unspecified atom stereocenters. The van der Waals surface area contributed by atoms with E-state index in [4.69, 9.17) is 10.00 Å². The van der Waals surface area contributed by atoms with Crippen molar-refractivity contribution >= 4 is 23.5 Å². The first-order valence-electron chi connectivity index (χ1n) is 6.64. The molecular formula is C16H15N3O2S. The predicted octanol–water partition coefficient (Wildman–Crippen LogP) is 2.85. The van der Waals surface area contributed by atoms with Gasteiger partial charge in [0.25, 0.3) is 5.91 Å². The molecule has 0 bridgehead atoms. The number of aryl methyl sites for hydroxylation is 1. The third-order valence-corrected chi connectivity index (χ3v) is 3.88. The third-order valence-electron chi connectivity index (χ3n) is 2.92. The van der Waals surface area contributed by atoms with Crippen LogP contribution in [0.15, 0.2) is 40.8 Å². The van der Waals surface area contributed by atoms with E-state index < -0.39 is 6.10 Å². The van der Waals surface area contributed by atoms with Crippen molar-refractivity contribution < 1.29 is 9.53 Å². The van der Waals surface area contributed by atoms with E-state index in [-0.39, 0.29) is 5.91 Å². The molecule has 1 atom stereocenters. The molecule has 2 aromatic rings. The summed E-state index contributed by atoms with van der Waals surface area (Å²) < 4.78 is 5.49. The van der Waals surface area contributed by atoms with E-state index in [1.165, 1.54) is 0 Å². The summed E-state index contributed by atoms with van der Waals surface area (Å²) in [5, 5.41) is 14.6. The van der Waals surface area contributed by atoms with Crippen molar-refractivity contribution in [3.8, 4) is 11.8 Å². The highest BCUT2D eigenvalue weighted by atomic mass is 32.1. The maximum Gasteiger partial charge on any atom is 0.280 e. The molecule has 1 aromatic carbocycles. The Hall–Kier alpha value is -2.65. The number of benzene rings is 1. The van der Waals surface area contributed by atoms with Crippen molar-refractivity contribution in [2.24, 2.45) is 5.10 Å². The predicted molar refractivity (Wildman–Crippen MR) is 86.0 cm³/mol. The second-order valence-electron chi connectivity index (χ2n) is 4.60. The zero-order valence-electron chi connectivity index (χ0n) is 12.2. The summed E-state index contributed by atoms with van der Waals surface area (Å²) >= 11 is 1.56. The zero-order valence-corrected chi connectivity index (χ0v) is 13.1. The Labute approximate surface area is 132 Å². The van der Waals surface area contributed by atoms with Crippen LogP contribution in [0.3, 0.4) is 0 Å². The molecule has 1 heterocycles. The summed E-state index contributed by atoms with van der Waals surface area (Å²) in [7, 11) is 0. The average molecular weight is 313 g/mol. The first kappa shape index (κ1) is 15.7. The zero-order chi connectivity index (χ0) is 15.9. The summed E-state index contributed by atoms with van der Waals surface area (Å²) in [4.78, 5) is 12.9. The third kappa shape index (κ3) is 4.17. The summed E-state index contributed by atoms with van der Waals surface area (Å²) in [5.74, 6) is 0.189. The fourth-order valence-corrected chi connectivity index (χ4v) is 2.41. The van der Waals surface area contributed by atoms with Crippen molar-refractivity contribution in [3.05, 3.63) is 51.7 Å². The molecule has 0 radical (unpaired) electrons. The number of rotatable bonds is 5. The van der Waals surface area contributed by atoms with E-state index in [1.807, 2.05) is 24.4 Å². The number of nitrogens with zero attached hydrogens (tertiary/aromatic N) is 2. The number of hydrogen-bond acceptors (Lipinski definition) is 5. The lowest BCUT2D eigenvalue weighted by atomic mass is 10.2. The van der Waals surface area contributed by atoms with E-state index >= 15 is 0 Å². The maximum atomic E-state index is 11.9. The van der Waals surface area contributed by atoms with Gasteiger partial charge in [-0.3, -0.25) is 4.79 Å². The van der Waals surface area contributed by atoms with Crippen LogP contribution < -0.4 is 10.2 Å². The fraction of sp³-hybridized carbons (Fsp3) is 0.188. The lowest BCUT2D eigenvalue weighted by Gasteiger charge is -2.12. The average Bonchev–Trinajstić information content (AvgIpc) is 2.93. The Bertz CT molecular complexity index is 714. The van der Waals surface area contributed by atoms with E-state index in [9.17, 15) is 4.79 Å². The van der Waals surface area contributed by atoms with Crippen molar-refractivity contribution in [1.82, 2.24) is 5.43 Å². The number of carbonyl (C=O) groups is 1. The summed E-state index contributed by atoms with van der Waals surface area (Å²) in [6, 6.07) is 10.6. The number of hydrogen-bond donors (Lipinski definition) is 1. The minimum absolute atomic E-state index is 0.338. The molecule has 0 saturated heterocycles. The highest BCUT2D eigenvalue weighted by Gasteiger charge is 2.13.